The van der Waals surface area contributed by atoms with Gasteiger partial charge in [0.1, 0.15) is 24.0 Å². The molecule has 11 nitrogen and oxygen atoms in total. The van der Waals surface area contributed by atoms with Crippen LogP contribution in [0.2, 0.25) is 0 Å². The first kappa shape index (κ1) is 31.3. The minimum absolute atomic E-state index is 0.186. The fourth-order valence-electron chi connectivity index (χ4n) is 6.41. The second kappa shape index (κ2) is 14.2. The van der Waals surface area contributed by atoms with Gasteiger partial charge in [-0.1, -0.05) is 13.0 Å². The highest BCUT2D eigenvalue weighted by Gasteiger charge is 2.24. The number of fused-ring (bicyclic) bond motifs is 1. The van der Waals surface area contributed by atoms with Gasteiger partial charge >= 0.3 is 0 Å². The Morgan fingerprint density at radius 1 is 1.13 bits per heavy atom. The van der Waals surface area contributed by atoms with Crippen LogP contribution in [0.5, 0.6) is 5.75 Å². The van der Waals surface area contributed by atoms with Crippen molar-refractivity contribution in [3.05, 3.63) is 64.4 Å². The normalized spacial score (nSPS) is 18.3. The lowest BCUT2D eigenvalue weighted by Gasteiger charge is -2.35. The monoisotopic (exact) mass is 617 g/mol. The summed E-state index contributed by atoms with van der Waals surface area (Å²) >= 11 is 0. The predicted octanol–water partition coefficient (Wildman–Crippen LogP) is 3.52. The van der Waals surface area contributed by atoms with E-state index in [1.165, 1.54) is 23.9 Å². The molecule has 0 unspecified atom stereocenters. The lowest BCUT2D eigenvalue weighted by atomic mass is 9.93. The standard InChI is InChI=1S/C34H47N7O4/c1-4-39-12-14-41(15-13-39)33-17-26(16-32(38-33)37-27-6-5-7-27)34(43)35-18-28(42)20-40-11-10-29-23(2)30(9-8-25(29)19-40)44-21-31-24(3)36-22-45-31/h8-9,16-17,22,27-28,42H,4-7,10-15,18-21H2,1-3H3,(H,35,43)(H,37,38)/t28-/m0/s1. The molecule has 0 radical (unpaired) electrons. The largest absolute Gasteiger partial charge is 0.485 e. The summed E-state index contributed by atoms with van der Waals surface area (Å²) in [6.07, 6.45) is 5.13. The molecule has 1 aliphatic carbocycles. The number of aryl methyl sites for hydroxylation is 1. The van der Waals surface area contributed by atoms with Crippen LogP contribution in [0.1, 0.15) is 64.7 Å². The molecule has 0 spiro atoms. The molecule has 3 aromatic rings. The van der Waals surface area contributed by atoms with Crippen LogP contribution in [0.4, 0.5) is 11.6 Å². The number of ether oxygens (including phenoxy) is 1. The predicted molar refractivity (Wildman–Crippen MR) is 174 cm³/mol. The summed E-state index contributed by atoms with van der Waals surface area (Å²) < 4.78 is 11.5. The molecule has 1 aromatic carbocycles. The molecule has 3 aliphatic rings. The van der Waals surface area contributed by atoms with Crippen LogP contribution in [0.3, 0.4) is 0 Å². The number of hydrogen-bond acceptors (Lipinski definition) is 10. The van der Waals surface area contributed by atoms with Crippen molar-refractivity contribution in [1.29, 1.82) is 0 Å². The van der Waals surface area contributed by atoms with Crippen molar-refractivity contribution in [3.63, 3.8) is 0 Å². The minimum atomic E-state index is -0.680. The summed E-state index contributed by atoms with van der Waals surface area (Å²) in [6.45, 7) is 13.6. The Morgan fingerprint density at radius 3 is 2.67 bits per heavy atom. The van der Waals surface area contributed by atoms with Crippen LogP contribution in [-0.2, 0) is 19.6 Å². The summed E-state index contributed by atoms with van der Waals surface area (Å²) in [5.41, 5.74) is 5.11. The Morgan fingerprint density at radius 2 is 1.96 bits per heavy atom. The third-order valence-electron chi connectivity index (χ3n) is 9.56. The number of pyridine rings is 1. The molecule has 1 saturated heterocycles. The van der Waals surface area contributed by atoms with E-state index in [1.807, 2.05) is 25.1 Å². The first-order valence-corrected chi connectivity index (χ1v) is 16.4. The molecular formula is C34H47N7O4. The van der Waals surface area contributed by atoms with Crippen molar-refractivity contribution < 1.29 is 19.1 Å². The van der Waals surface area contributed by atoms with Crippen LogP contribution >= 0.6 is 0 Å². The number of rotatable bonds is 12. The number of nitrogens with one attached hydrogen (secondary N) is 2. The number of aromatic nitrogens is 2. The number of aliphatic hydroxyl groups is 1. The van der Waals surface area contributed by atoms with Crippen LogP contribution in [0.25, 0.3) is 0 Å². The number of piperazine rings is 1. The quantitative estimate of drug-likeness (QED) is 0.279. The SMILES string of the molecule is CCN1CCN(c2cc(C(=O)NC[C@H](O)CN3CCc4c(ccc(OCc5ocnc5C)c4C)C3)cc(NC3CCC3)n2)CC1. The Hall–Kier alpha value is -3.67. The average molecular weight is 618 g/mol. The number of anilines is 2. The smallest absolute Gasteiger partial charge is 0.251 e. The van der Waals surface area contributed by atoms with Gasteiger partial charge in [0.05, 0.1) is 11.8 Å². The van der Waals surface area contributed by atoms with E-state index >= 15 is 0 Å². The highest BCUT2D eigenvalue weighted by molar-refractivity contribution is 5.95. The Balaban J connectivity index is 1.03. The maximum atomic E-state index is 13.3. The number of carbonyl (C=O) groups excluding carboxylic acids is 1. The minimum Gasteiger partial charge on any atom is -0.485 e. The van der Waals surface area contributed by atoms with Crippen molar-refractivity contribution in [2.75, 3.05) is 62.6 Å². The van der Waals surface area contributed by atoms with Crippen molar-refractivity contribution in [1.82, 2.24) is 25.1 Å². The van der Waals surface area contributed by atoms with E-state index in [0.29, 0.717) is 24.8 Å². The molecule has 3 N–H and O–H groups in total. The fraction of sp³-hybridized carbons (Fsp3) is 0.559. The van der Waals surface area contributed by atoms with Crippen molar-refractivity contribution >= 4 is 17.5 Å². The van der Waals surface area contributed by atoms with Crippen molar-refractivity contribution in [2.24, 2.45) is 0 Å². The van der Waals surface area contributed by atoms with Crippen LogP contribution < -0.4 is 20.3 Å². The van der Waals surface area contributed by atoms with Gasteiger partial charge < -0.3 is 34.7 Å². The summed E-state index contributed by atoms with van der Waals surface area (Å²) in [5, 5.41) is 17.4. The molecule has 1 atom stereocenters. The molecule has 4 heterocycles. The number of amides is 1. The highest BCUT2D eigenvalue weighted by Crippen LogP contribution is 2.30. The number of β-amino-alcohol motifs (C(OH)–C–C–N with tert-alkyl or cyclic N) is 1. The van der Waals surface area contributed by atoms with Crippen LogP contribution in [-0.4, -0.2) is 95.3 Å². The van der Waals surface area contributed by atoms with Crippen molar-refractivity contribution in [2.45, 2.75) is 71.8 Å². The van der Waals surface area contributed by atoms with Gasteiger partial charge in [-0.3, -0.25) is 9.69 Å². The molecule has 242 valence electrons. The second-order valence-electron chi connectivity index (χ2n) is 12.6. The molecule has 1 saturated carbocycles. The molecule has 2 aliphatic heterocycles. The van der Waals surface area contributed by atoms with Gasteiger partial charge in [-0.15, -0.1) is 0 Å². The second-order valence-corrected chi connectivity index (χ2v) is 12.6. The zero-order valence-corrected chi connectivity index (χ0v) is 26.8. The summed E-state index contributed by atoms with van der Waals surface area (Å²) in [4.78, 5) is 29.3. The molecule has 0 bridgehead atoms. The molecule has 11 heteroatoms. The van der Waals surface area contributed by atoms with E-state index in [9.17, 15) is 9.90 Å². The average Bonchev–Trinajstić information content (AvgIpc) is 3.45. The van der Waals surface area contributed by atoms with E-state index < -0.39 is 6.10 Å². The third kappa shape index (κ3) is 7.59. The van der Waals surface area contributed by atoms with E-state index in [1.54, 1.807) is 0 Å². The topological polar surface area (TPSA) is 119 Å². The molecular weight excluding hydrogens is 570 g/mol. The Kier molecular flexibility index (Phi) is 9.87. The molecule has 6 rings (SSSR count). The lowest BCUT2D eigenvalue weighted by molar-refractivity contribution is 0.0841. The summed E-state index contributed by atoms with van der Waals surface area (Å²) in [6, 6.07) is 8.29. The van der Waals surface area contributed by atoms with Crippen LogP contribution in [0.15, 0.2) is 35.1 Å². The number of benzene rings is 1. The maximum absolute atomic E-state index is 13.3. The number of nitrogens with zero attached hydrogens (tertiary/aromatic N) is 5. The first-order chi connectivity index (χ1) is 21.9. The summed E-state index contributed by atoms with van der Waals surface area (Å²) in [7, 11) is 0. The number of aliphatic hydroxyl groups excluding tert-OH is 1. The van der Waals surface area contributed by atoms with Crippen molar-refractivity contribution in [3.8, 4) is 5.75 Å². The molecule has 45 heavy (non-hydrogen) atoms. The van der Waals surface area contributed by atoms with Gasteiger partial charge in [0.2, 0.25) is 0 Å². The lowest BCUT2D eigenvalue weighted by Crippen LogP contribution is -2.46. The zero-order valence-electron chi connectivity index (χ0n) is 26.8. The Bertz CT molecular complexity index is 1460. The third-order valence-corrected chi connectivity index (χ3v) is 9.56. The Labute approximate surface area is 266 Å². The van der Waals surface area contributed by atoms with Gasteiger partial charge in [-0.2, -0.15) is 0 Å². The first-order valence-electron chi connectivity index (χ1n) is 16.4. The summed E-state index contributed by atoms with van der Waals surface area (Å²) in [5.74, 6) is 3.00. The number of carbonyl (C=O) groups is 1. The fourth-order valence-corrected chi connectivity index (χ4v) is 6.41. The molecule has 1 amide bonds. The number of likely N-dealkylation sites (N-methyl/N-ethyl adjacent to an activating group) is 1. The number of oxazole rings is 1. The number of hydrogen-bond donors (Lipinski definition) is 3. The highest BCUT2D eigenvalue weighted by atomic mass is 16.5. The van der Waals surface area contributed by atoms with E-state index in [0.717, 1.165) is 99.5 Å². The molecule has 2 fully saturated rings. The van der Waals surface area contributed by atoms with Gasteiger partial charge in [0.25, 0.3) is 5.91 Å². The van der Waals surface area contributed by atoms with Crippen LogP contribution in [0, 0.1) is 13.8 Å². The van der Waals surface area contributed by atoms with Gasteiger partial charge in [0.15, 0.2) is 12.2 Å². The van der Waals surface area contributed by atoms with Gasteiger partial charge in [-0.25, -0.2) is 9.97 Å². The zero-order chi connectivity index (χ0) is 31.3. The molecule has 2 aromatic heterocycles. The van der Waals surface area contributed by atoms with E-state index in [-0.39, 0.29) is 12.5 Å². The van der Waals surface area contributed by atoms with E-state index in [2.05, 4.69) is 50.2 Å². The maximum Gasteiger partial charge on any atom is 0.251 e. The van der Waals surface area contributed by atoms with Gasteiger partial charge in [-0.05, 0) is 81.0 Å². The van der Waals surface area contributed by atoms with E-state index in [4.69, 9.17) is 14.1 Å². The van der Waals surface area contributed by atoms with Gasteiger partial charge in [0, 0.05) is 64.0 Å².